The van der Waals surface area contributed by atoms with Crippen LogP contribution in [0.4, 0.5) is 5.69 Å². The molecular weight excluding hydrogens is 602 g/mol. The molecule has 46 heavy (non-hydrogen) atoms. The van der Waals surface area contributed by atoms with Crippen LogP contribution in [0.5, 0.6) is 0 Å². The molecule has 0 aliphatic carbocycles. The predicted molar refractivity (Wildman–Crippen MR) is 162 cm³/mol. The van der Waals surface area contributed by atoms with Gasteiger partial charge >= 0.3 is 23.9 Å². The van der Waals surface area contributed by atoms with E-state index in [1.165, 1.54) is 36.4 Å². The lowest BCUT2D eigenvalue weighted by molar-refractivity contribution is -0.384. The van der Waals surface area contributed by atoms with Gasteiger partial charge in [-0.05, 0) is 74.5 Å². The number of aliphatic carboxylic acids is 2. The fourth-order valence-corrected chi connectivity index (χ4v) is 4.96. The van der Waals surface area contributed by atoms with E-state index in [2.05, 4.69) is 9.97 Å². The highest BCUT2D eigenvalue weighted by atomic mass is 16.6. The van der Waals surface area contributed by atoms with E-state index in [0.29, 0.717) is 50.2 Å². The first-order valence-corrected chi connectivity index (χ1v) is 14.4. The van der Waals surface area contributed by atoms with Gasteiger partial charge in [0.2, 0.25) is 0 Å². The van der Waals surface area contributed by atoms with E-state index in [9.17, 15) is 49.7 Å². The van der Waals surface area contributed by atoms with Crippen LogP contribution in [-0.4, -0.2) is 95.2 Å². The third-order valence-corrected chi connectivity index (χ3v) is 7.24. The summed E-state index contributed by atoms with van der Waals surface area (Å²) in [6.45, 7) is 0.197. The zero-order chi connectivity index (χ0) is 33.6. The minimum absolute atomic E-state index is 0.0323. The normalized spacial score (nSPS) is 11.2. The number of benzene rings is 1. The Kier molecular flexibility index (Phi) is 13.2. The van der Waals surface area contributed by atoms with Gasteiger partial charge in [-0.15, -0.1) is 0 Å². The number of aromatic carboxylic acids is 2. The lowest BCUT2D eigenvalue weighted by Gasteiger charge is -2.26. The molecule has 0 aliphatic heterocycles. The molecule has 15 nitrogen and oxygen atoms in total. The molecule has 0 bridgehead atoms. The topological polar surface area (TPSA) is 225 Å². The first-order chi connectivity index (χ1) is 21.9. The average molecular weight is 638 g/mol. The Hall–Kier alpha value is -5.28. The molecule has 0 fully saturated rings. The van der Waals surface area contributed by atoms with Crippen molar-refractivity contribution in [3.05, 3.63) is 99.1 Å². The van der Waals surface area contributed by atoms with Crippen LogP contribution in [0.1, 0.15) is 57.2 Å². The highest BCUT2D eigenvalue weighted by molar-refractivity contribution is 5.85. The molecule has 244 valence electrons. The van der Waals surface area contributed by atoms with Gasteiger partial charge < -0.3 is 20.4 Å². The number of aryl methyl sites for hydroxylation is 1. The fourth-order valence-electron chi connectivity index (χ4n) is 4.96. The number of hydrogen-bond acceptors (Lipinski definition) is 10. The van der Waals surface area contributed by atoms with E-state index in [1.807, 2.05) is 0 Å². The maximum Gasteiger partial charge on any atom is 0.354 e. The number of aromatic nitrogens is 2. The largest absolute Gasteiger partial charge is 0.480 e. The molecule has 0 radical (unpaired) electrons. The molecule has 3 aromatic rings. The van der Waals surface area contributed by atoms with Crippen molar-refractivity contribution < 1.29 is 44.5 Å². The second kappa shape index (κ2) is 17.3. The number of non-ortho nitro benzene ring substituents is 1. The Bertz CT molecular complexity index is 1450. The number of pyridine rings is 2. The van der Waals surface area contributed by atoms with Gasteiger partial charge in [-0.3, -0.25) is 29.5 Å². The van der Waals surface area contributed by atoms with Crippen LogP contribution < -0.4 is 0 Å². The fraction of sp³-hybridized carbons (Fsp3) is 0.355. The van der Waals surface area contributed by atoms with Crippen LogP contribution in [0.25, 0.3) is 0 Å². The van der Waals surface area contributed by atoms with E-state index >= 15 is 0 Å². The van der Waals surface area contributed by atoms with Crippen LogP contribution in [0.2, 0.25) is 0 Å². The van der Waals surface area contributed by atoms with E-state index < -0.39 is 28.8 Å². The van der Waals surface area contributed by atoms with Crippen molar-refractivity contribution in [2.45, 2.75) is 38.8 Å². The molecule has 15 heteroatoms. The third kappa shape index (κ3) is 12.0. The Labute approximate surface area is 263 Å². The summed E-state index contributed by atoms with van der Waals surface area (Å²) in [5.41, 5.74) is 1.31. The van der Waals surface area contributed by atoms with Crippen molar-refractivity contribution in [2.24, 2.45) is 5.92 Å². The Morgan fingerprint density at radius 3 is 1.54 bits per heavy atom. The predicted octanol–water partition coefficient (Wildman–Crippen LogP) is 3.28. The molecule has 0 atom stereocenters. The summed E-state index contributed by atoms with van der Waals surface area (Å²) >= 11 is 0. The second-order valence-electron chi connectivity index (χ2n) is 10.8. The molecule has 0 aliphatic rings. The van der Waals surface area contributed by atoms with Crippen molar-refractivity contribution in [3.8, 4) is 0 Å². The summed E-state index contributed by atoms with van der Waals surface area (Å²) in [6, 6.07) is 15.2. The molecule has 0 saturated heterocycles. The monoisotopic (exact) mass is 637 g/mol. The Balaban J connectivity index is 1.76. The summed E-state index contributed by atoms with van der Waals surface area (Å²) in [7, 11) is 0. The summed E-state index contributed by atoms with van der Waals surface area (Å²) in [5, 5.41) is 48.6. The molecule has 0 amide bonds. The van der Waals surface area contributed by atoms with Gasteiger partial charge in [-0.1, -0.05) is 24.3 Å². The van der Waals surface area contributed by atoms with Gasteiger partial charge in [-0.2, -0.15) is 0 Å². The summed E-state index contributed by atoms with van der Waals surface area (Å²) in [4.78, 5) is 68.1. The quantitative estimate of drug-likeness (QED) is 0.103. The molecule has 2 heterocycles. The first-order valence-electron chi connectivity index (χ1n) is 14.4. The summed E-state index contributed by atoms with van der Waals surface area (Å²) in [6.07, 6.45) is 2.18. The molecule has 2 aromatic heterocycles. The van der Waals surface area contributed by atoms with E-state index in [0.717, 1.165) is 5.56 Å². The van der Waals surface area contributed by atoms with Gasteiger partial charge in [0, 0.05) is 25.2 Å². The van der Waals surface area contributed by atoms with Gasteiger partial charge in [-0.25, -0.2) is 19.6 Å². The minimum Gasteiger partial charge on any atom is -0.480 e. The lowest BCUT2D eigenvalue weighted by atomic mass is 9.92. The molecule has 0 spiro atoms. The maximum absolute atomic E-state index is 11.7. The van der Waals surface area contributed by atoms with Crippen LogP contribution >= 0.6 is 0 Å². The number of hydrogen-bond donors (Lipinski definition) is 4. The van der Waals surface area contributed by atoms with E-state index in [1.54, 1.807) is 34.1 Å². The second-order valence-corrected chi connectivity index (χ2v) is 10.8. The summed E-state index contributed by atoms with van der Waals surface area (Å²) < 4.78 is 0. The molecule has 1 aromatic carbocycles. The number of carbonyl (C=O) groups is 4. The molecule has 0 saturated carbocycles. The van der Waals surface area contributed by atoms with Crippen LogP contribution in [0.15, 0.2) is 60.7 Å². The maximum atomic E-state index is 11.7. The molecule has 4 N–H and O–H groups in total. The van der Waals surface area contributed by atoms with Crippen LogP contribution in [0, 0.1) is 16.0 Å². The van der Waals surface area contributed by atoms with Gasteiger partial charge in [0.15, 0.2) is 0 Å². The van der Waals surface area contributed by atoms with Crippen molar-refractivity contribution in [1.29, 1.82) is 0 Å². The van der Waals surface area contributed by atoms with Crippen molar-refractivity contribution >= 4 is 29.6 Å². The van der Waals surface area contributed by atoms with Crippen LogP contribution in [0.3, 0.4) is 0 Å². The van der Waals surface area contributed by atoms with E-state index in [4.69, 9.17) is 0 Å². The standard InChI is InChI=1S/C31H35N5O10/c37-28(38)19-34(17-23-3-1-5-26(32-23)30(41)42)15-13-22(8-7-21-9-11-25(12-10-21)36(45)46)14-16-35(20-29(39)40)18-24-4-2-6-27(33-24)31(43)44/h1-6,9-12,22H,7-8,13-20H2,(H,37,38)(H,39,40)(H,41,42)(H,43,44). The number of rotatable bonds is 20. The van der Waals surface area contributed by atoms with Crippen molar-refractivity contribution in [1.82, 2.24) is 19.8 Å². The highest BCUT2D eigenvalue weighted by Gasteiger charge is 2.19. The highest BCUT2D eigenvalue weighted by Crippen LogP contribution is 2.21. The van der Waals surface area contributed by atoms with E-state index in [-0.39, 0.29) is 49.2 Å². The van der Waals surface area contributed by atoms with Crippen LogP contribution in [-0.2, 0) is 29.1 Å². The number of carboxylic acids is 4. The number of nitro benzene ring substituents is 1. The van der Waals surface area contributed by atoms with Crippen molar-refractivity contribution in [2.75, 3.05) is 26.2 Å². The number of carboxylic acid groups (broad SMARTS) is 4. The van der Waals surface area contributed by atoms with Gasteiger partial charge in [0.05, 0.1) is 29.4 Å². The smallest absolute Gasteiger partial charge is 0.354 e. The Morgan fingerprint density at radius 2 is 1.15 bits per heavy atom. The third-order valence-electron chi connectivity index (χ3n) is 7.24. The zero-order valence-electron chi connectivity index (χ0n) is 24.9. The summed E-state index contributed by atoms with van der Waals surface area (Å²) in [5.74, 6) is -4.58. The molecule has 0 unspecified atom stereocenters. The van der Waals surface area contributed by atoms with Crippen molar-refractivity contribution in [3.63, 3.8) is 0 Å². The molecule has 3 rings (SSSR count). The van der Waals surface area contributed by atoms with Gasteiger partial charge in [0.25, 0.3) is 5.69 Å². The number of nitrogens with zero attached hydrogens (tertiary/aromatic N) is 5. The number of nitro groups is 1. The Morgan fingerprint density at radius 1 is 0.696 bits per heavy atom. The minimum atomic E-state index is -1.20. The first kappa shape index (κ1) is 35.2. The lowest BCUT2D eigenvalue weighted by Crippen LogP contribution is -2.34. The molecular formula is C31H35N5O10. The SMILES string of the molecule is O=C(O)CN(CCC(CCc1ccc([N+](=O)[O-])cc1)CCN(CC(=O)O)Cc1cccc(C(=O)O)n1)Cc1cccc(C(=O)O)n1. The zero-order valence-corrected chi connectivity index (χ0v) is 24.9. The average Bonchev–Trinajstić information content (AvgIpc) is 3.00. The van der Waals surface area contributed by atoms with Gasteiger partial charge in [0.1, 0.15) is 11.4 Å².